The molecule has 0 fully saturated rings. The van der Waals surface area contributed by atoms with Gasteiger partial charge in [0.15, 0.2) is 0 Å². The van der Waals surface area contributed by atoms with Crippen molar-refractivity contribution in [3.8, 4) is 0 Å². The molecule has 2 rings (SSSR count). The molecule has 0 spiro atoms. The summed E-state index contributed by atoms with van der Waals surface area (Å²) in [7, 11) is 0. The second kappa shape index (κ2) is 8.87. The van der Waals surface area contributed by atoms with Crippen molar-refractivity contribution >= 4 is 28.6 Å². The van der Waals surface area contributed by atoms with E-state index in [1.165, 1.54) is 18.2 Å². The van der Waals surface area contributed by atoms with Gasteiger partial charge in [-0.05, 0) is 25.3 Å². The molecule has 1 heterocycles. The van der Waals surface area contributed by atoms with E-state index in [-0.39, 0.29) is 11.9 Å². The van der Waals surface area contributed by atoms with Crippen molar-refractivity contribution in [2.24, 2.45) is 5.92 Å². The maximum absolute atomic E-state index is 12.1. The molecular weight excluding hydrogens is 306 g/mol. The summed E-state index contributed by atoms with van der Waals surface area (Å²) < 4.78 is 0. The second-order valence-corrected chi connectivity index (χ2v) is 7.24. The van der Waals surface area contributed by atoms with E-state index in [4.69, 9.17) is 0 Å². The van der Waals surface area contributed by atoms with Crippen LogP contribution in [0.5, 0.6) is 0 Å². The number of carbonyl (C=O) groups is 1. The smallest absolute Gasteiger partial charge is 0.230 e. The molecule has 1 N–H and O–H groups in total. The molecule has 0 aliphatic heterocycles. The molecule has 5 heteroatoms. The van der Waals surface area contributed by atoms with E-state index in [2.05, 4.69) is 36.1 Å². The highest BCUT2D eigenvalue weighted by Crippen LogP contribution is 2.23. The van der Waals surface area contributed by atoms with Gasteiger partial charge in [-0.25, -0.2) is 9.97 Å². The first-order chi connectivity index (χ1) is 11.1. The van der Waals surface area contributed by atoms with Crippen molar-refractivity contribution in [1.82, 2.24) is 15.3 Å². The Morgan fingerprint density at radius 2 is 1.96 bits per heavy atom. The van der Waals surface area contributed by atoms with Crippen LogP contribution >= 0.6 is 11.8 Å². The fourth-order valence-corrected chi connectivity index (χ4v) is 3.25. The molecule has 0 bridgehead atoms. The van der Waals surface area contributed by atoms with E-state index in [1.54, 1.807) is 6.33 Å². The van der Waals surface area contributed by atoms with Gasteiger partial charge in [0.2, 0.25) is 5.91 Å². The summed E-state index contributed by atoms with van der Waals surface area (Å²) >= 11 is 1.47. The molecule has 4 nitrogen and oxygen atoms in total. The van der Waals surface area contributed by atoms with Gasteiger partial charge in [0.1, 0.15) is 11.4 Å². The van der Waals surface area contributed by atoms with Crippen LogP contribution in [0.25, 0.3) is 10.9 Å². The third kappa shape index (κ3) is 5.82. The van der Waals surface area contributed by atoms with Gasteiger partial charge >= 0.3 is 0 Å². The number of hydrogen-bond donors (Lipinski definition) is 1. The molecule has 2 aromatic rings. The van der Waals surface area contributed by atoms with Crippen LogP contribution in [0.4, 0.5) is 0 Å². The van der Waals surface area contributed by atoms with Crippen LogP contribution < -0.4 is 5.32 Å². The Balaban J connectivity index is 1.82. The van der Waals surface area contributed by atoms with Crippen molar-refractivity contribution in [3.63, 3.8) is 0 Å². The molecule has 1 amide bonds. The Bertz CT molecular complexity index is 640. The monoisotopic (exact) mass is 331 g/mol. The lowest BCUT2D eigenvalue weighted by Crippen LogP contribution is -2.33. The molecule has 1 atom stereocenters. The summed E-state index contributed by atoms with van der Waals surface area (Å²) in [6.45, 7) is 6.53. The minimum atomic E-state index is 0.0646. The number of fused-ring (bicyclic) bond motifs is 1. The van der Waals surface area contributed by atoms with E-state index in [9.17, 15) is 4.79 Å². The summed E-state index contributed by atoms with van der Waals surface area (Å²) in [6, 6.07) is 8.09. The summed E-state index contributed by atoms with van der Waals surface area (Å²) in [5.74, 6) is 1.17. The van der Waals surface area contributed by atoms with Crippen LogP contribution in [0.3, 0.4) is 0 Å². The fraction of sp³-hybridized carbons (Fsp3) is 0.500. The predicted molar refractivity (Wildman–Crippen MR) is 96.6 cm³/mol. The largest absolute Gasteiger partial charge is 0.353 e. The van der Waals surface area contributed by atoms with Crippen LogP contribution in [0.15, 0.2) is 35.6 Å². The molecule has 124 valence electrons. The van der Waals surface area contributed by atoms with Crippen LogP contribution in [0.1, 0.15) is 40.0 Å². The van der Waals surface area contributed by atoms with E-state index < -0.39 is 0 Å². The SMILES string of the molecule is CC(C)CCC[C@@H](C)NC(=O)CSc1ncnc2ccccc12. The lowest BCUT2D eigenvalue weighted by Gasteiger charge is -2.14. The normalized spacial score (nSPS) is 12.5. The first-order valence-corrected chi connectivity index (χ1v) is 9.16. The summed E-state index contributed by atoms with van der Waals surface area (Å²) in [6.07, 6.45) is 4.95. The Hall–Kier alpha value is -1.62. The van der Waals surface area contributed by atoms with Gasteiger partial charge in [-0.2, -0.15) is 0 Å². The number of amides is 1. The number of rotatable bonds is 8. The second-order valence-electron chi connectivity index (χ2n) is 6.28. The maximum atomic E-state index is 12.1. The molecule has 0 unspecified atom stereocenters. The number of carbonyl (C=O) groups excluding carboxylic acids is 1. The molecule has 0 aliphatic rings. The third-order valence-corrected chi connectivity index (χ3v) is 4.68. The van der Waals surface area contributed by atoms with Gasteiger partial charge in [0, 0.05) is 11.4 Å². The number of para-hydroxylation sites is 1. The van der Waals surface area contributed by atoms with Gasteiger partial charge in [-0.3, -0.25) is 4.79 Å². The van der Waals surface area contributed by atoms with Crippen molar-refractivity contribution in [1.29, 1.82) is 0 Å². The van der Waals surface area contributed by atoms with Gasteiger partial charge in [-0.1, -0.05) is 56.7 Å². The maximum Gasteiger partial charge on any atom is 0.230 e. The predicted octanol–water partition coefficient (Wildman–Crippen LogP) is 4.05. The topological polar surface area (TPSA) is 54.9 Å². The van der Waals surface area contributed by atoms with Gasteiger partial charge in [0.05, 0.1) is 11.3 Å². The molecular formula is C18H25N3OS. The fourth-order valence-electron chi connectivity index (χ4n) is 2.45. The highest BCUT2D eigenvalue weighted by atomic mass is 32.2. The number of nitrogens with one attached hydrogen (secondary N) is 1. The van der Waals surface area contributed by atoms with E-state index >= 15 is 0 Å². The molecule has 23 heavy (non-hydrogen) atoms. The molecule has 0 aliphatic carbocycles. The standard InChI is InChI=1S/C18H25N3OS/c1-13(2)7-6-8-14(3)21-17(22)11-23-18-15-9-4-5-10-16(15)19-12-20-18/h4-5,9-10,12-14H,6-8,11H2,1-3H3,(H,21,22)/t14-/m1/s1. The zero-order valence-corrected chi connectivity index (χ0v) is 14.9. The Morgan fingerprint density at radius 3 is 2.74 bits per heavy atom. The first kappa shape index (κ1) is 17.7. The van der Waals surface area contributed by atoms with Gasteiger partial charge < -0.3 is 5.32 Å². The number of aromatic nitrogens is 2. The highest BCUT2D eigenvalue weighted by Gasteiger charge is 2.10. The number of thioether (sulfide) groups is 1. The minimum absolute atomic E-state index is 0.0646. The zero-order valence-electron chi connectivity index (χ0n) is 14.1. The molecule has 0 saturated heterocycles. The molecule has 1 aromatic carbocycles. The van der Waals surface area contributed by atoms with Gasteiger partial charge in [-0.15, -0.1) is 0 Å². The highest BCUT2D eigenvalue weighted by molar-refractivity contribution is 8.00. The average Bonchev–Trinajstić information content (AvgIpc) is 2.52. The van der Waals surface area contributed by atoms with Crippen LogP contribution in [-0.2, 0) is 4.79 Å². The number of hydrogen-bond acceptors (Lipinski definition) is 4. The molecule has 0 saturated carbocycles. The molecule has 0 radical (unpaired) electrons. The van der Waals surface area contributed by atoms with Crippen molar-refractivity contribution in [2.45, 2.75) is 51.1 Å². The summed E-state index contributed by atoms with van der Waals surface area (Å²) in [4.78, 5) is 20.6. The van der Waals surface area contributed by atoms with E-state index in [0.717, 1.165) is 34.7 Å². The summed E-state index contributed by atoms with van der Waals surface area (Å²) in [5, 5.41) is 4.93. The Labute approximate surface area is 142 Å². The summed E-state index contributed by atoms with van der Waals surface area (Å²) in [5.41, 5.74) is 0.910. The number of nitrogens with zero attached hydrogens (tertiary/aromatic N) is 2. The quantitative estimate of drug-likeness (QED) is 0.585. The van der Waals surface area contributed by atoms with Gasteiger partial charge in [0.25, 0.3) is 0 Å². The Morgan fingerprint density at radius 1 is 1.17 bits per heavy atom. The third-order valence-electron chi connectivity index (χ3n) is 3.67. The van der Waals surface area contributed by atoms with Crippen LogP contribution in [0.2, 0.25) is 0 Å². The Kier molecular flexibility index (Phi) is 6.84. The van der Waals surface area contributed by atoms with Crippen molar-refractivity contribution in [3.05, 3.63) is 30.6 Å². The van der Waals surface area contributed by atoms with E-state index in [0.29, 0.717) is 5.75 Å². The molecule has 1 aromatic heterocycles. The lowest BCUT2D eigenvalue weighted by atomic mass is 10.0. The zero-order chi connectivity index (χ0) is 16.7. The van der Waals surface area contributed by atoms with Crippen LogP contribution in [0, 0.1) is 5.92 Å². The first-order valence-electron chi connectivity index (χ1n) is 8.18. The lowest BCUT2D eigenvalue weighted by molar-refractivity contribution is -0.119. The van der Waals surface area contributed by atoms with Crippen molar-refractivity contribution < 1.29 is 4.79 Å². The van der Waals surface area contributed by atoms with Crippen LogP contribution in [-0.4, -0.2) is 27.7 Å². The average molecular weight is 331 g/mol. The minimum Gasteiger partial charge on any atom is -0.353 e. The van der Waals surface area contributed by atoms with Crippen molar-refractivity contribution in [2.75, 3.05) is 5.75 Å². The van der Waals surface area contributed by atoms with E-state index in [1.807, 2.05) is 24.3 Å². The number of benzene rings is 1.